The van der Waals surface area contributed by atoms with Gasteiger partial charge in [-0.05, 0) is 25.8 Å². The fraction of sp³-hybridized carbons (Fsp3) is 0.800. The van der Waals surface area contributed by atoms with Crippen molar-refractivity contribution in [2.24, 2.45) is 0 Å². The molecule has 2 aliphatic heterocycles. The highest BCUT2D eigenvalue weighted by molar-refractivity contribution is 4.96. The van der Waals surface area contributed by atoms with E-state index in [9.17, 15) is 0 Å². The second kappa shape index (κ2) is 3.40. The Balaban J connectivity index is 2.00. The largest absolute Gasteiger partial charge is 0.296 e. The Kier molecular flexibility index (Phi) is 2.27. The maximum atomic E-state index is 2.65. The summed E-state index contributed by atoms with van der Waals surface area (Å²) >= 11 is 0. The van der Waals surface area contributed by atoms with E-state index in [2.05, 4.69) is 17.1 Å². The van der Waals surface area contributed by atoms with Crippen LogP contribution in [0.15, 0.2) is 12.2 Å². The Morgan fingerprint density at radius 2 is 2.09 bits per heavy atom. The van der Waals surface area contributed by atoms with Crippen LogP contribution in [0, 0.1) is 0 Å². The highest BCUT2D eigenvalue weighted by atomic mass is 15.2. The van der Waals surface area contributed by atoms with Gasteiger partial charge in [0.15, 0.2) is 0 Å². The third-order valence-electron chi connectivity index (χ3n) is 2.91. The van der Waals surface area contributed by atoms with Crippen LogP contribution in [-0.2, 0) is 0 Å². The monoisotopic (exact) mass is 151 g/mol. The van der Waals surface area contributed by atoms with Crippen molar-refractivity contribution in [1.29, 1.82) is 0 Å². The van der Waals surface area contributed by atoms with Gasteiger partial charge in [-0.15, -0.1) is 0 Å². The SMILES string of the molecule is C1=CCN2CCCCC[C@H]2C1. The fourth-order valence-corrected chi connectivity index (χ4v) is 2.21. The zero-order chi connectivity index (χ0) is 7.52. The van der Waals surface area contributed by atoms with E-state index in [1.54, 1.807) is 0 Å². The molecule has 1 atom stereocenters. The number of rotatable bonds is 0. The van der Waals surface area contributed by atoms with Crippen molar-refractivity contribution in [2.75, 3.05) is 13.1 Å². The van der Waals surface area contributed by atoms with Gasteiger partial charge >= 0.3 is 0 Å². The molecule has 62 valence electrons. The Morgan fingerprint density at radius 1 is 1.09 bits per heavy atom. The molecule has 0 aliphatic carbocycles. The first-order valence-corrected chi connectivity index (χ1v) is 4.86. The average molecular weight is 151 g/mol. The number of hydrogen-bond donors (Lipinski definition) is 0. The highest BCUT2D eigenvalue weighted by Crippen LogP contribution is 2.21. The fourth-order valence-electron chi connectivity index (χ4n) is 2.21. The van der Waals surface area contributed by atoms with Crippen molar-refractivity contribution < 1.29 is 0 Å². The molecule has 2 aliphatic rings. The molecule has 0 saturated carbocycles. The lowest BCUT2D eigenvalue weighted by Crippen LogP contribution is -2.36. The molecule has 1 fully saturated rings. The maximum Gasteiger partial charge on any atom is 0.0166 e. The molecule has 1 nitrogen and oxygen atoms in total. The predicted molar refractivity (Wildman–Crippen MR) is 47.6 cm³/mol. The van der Waals surface area contributed by atoms with Crippen molar-refractivity contribution in [1.82, 2.24) is 4.90 Å². The molecule has 0 amide bonds. The van der Waals surface area contributed by atoms with Gasteiger partial charge < -0.3 is 0 Å². The minimum absolute atomic E-state index is 0.891. The Bertz CT molecular complexity index is 135. The molecule has 1 heteroatoms. The van der Waals surface area contributed by atoms with Crippen molar-refractivity contribution >= 4 is 0 Å². The summed E-state index contributed by atoms with van der Waals surface area (Å²) in [5.41, 5.74) is 0. The molecule has 0 spiro atoms. The van der Waals surface area contributed by atoms with Crippen LogP contribution >= 0.6 is 0 Å². The van der Waals surface area contributed by atoms with E-state index in [0.29, 0.717) is 0 Å². The van der Waals surface area contributed by atoms with Gasteiger partial charge in [0.2, 0.25) is 0 Å². The van der Waals surface area contributed by atoms with E-state index < -0.39 is 0 Å². The summed E-state index contributed by atoms with van der Waals surface area (Å²) in [5, 5.41) is 0. The van der Waals surface area contributed by atoms with Crippen molar-refractivity contribution in [2.45, 2.75) is 38.1 Å². The standard InChI is InChI=1S/C10H17N/c1-2-6-10-7-3-5-9-11(10)8-4-1/h3,5,10H,1-2,4,6-9H2/t10-/m0/s1. The molecule has 2 heterocycles. The molecule has 0 radical (unpaired) electrons. The molecule has 2 rings (SSSR count). The van der Waals surface area contributed by atoms with E-state index in [1.807, 2.05) is 0 Å². The van der Waals surface area contributed by atoms with Crippen molar-refractivity contribution in [3.8, 4) is 0 Å². The molecule has 0 unspecified atom stereocenters. The molecule has 1 saturated heterocycles. The molecular weight excluding hydrogens is 134 g/mol. The van der Waals surface area contributed by atoms with E-state index in [0.717, 1.165) is 6.04 Å². The Hall–Kier alpha value is -0.300. The first-order chi connectivity index (χ1) is 5.47. The number of hydrogen-bond acceptors (Lipinski definition) is 1. The van der Waals surface area contributed by atoms with Crippen LogP contribution in [0.4, 0.5) is 0 Å². The highest BCUT2D eigenvalue weighted by Gasteiger charge is 2.20. The van der Waals surface area contributed by atoms with E-state index in [4.69, 9.17) is 0 Å². The quantitative estimate of drug-likeness (QED) is 0.480. The summed E-state index contributed by atoms with van der Waals surface area (Å²) in [4.78, 5) is 2.65. The number of nitrogens with zero attached hydrogens (tertiary/aromatic N) is 1. The Labute approximate surface area is 69.1 Å². The lowest BCUT2D eigenvalue weighted by molar-refractivity contribution is 0.213. The van der Waals surface area contributed by atoms with E-state index >= 15 is 0 Å². The zero-order valence-electron chi connectivity index (χ0n) is 7.13. The lowest BCUT2D eigenvalue weighted by atomic mass is 10.0. The summed E-state index contributed by atoms with van der Waals surface area (Å²) < 4.78 is 0. The van der Waals surface area contributed by atoms with E-state index in [1.165, 1.54) is 45.2 Å². The topological polar surface area (TPSA) is 3.24 Å². The van der Waals surface area contributed by atoms with Gasteiger partial charge in [0, 0.05) is 12.6 Å². The van der Waals surface area contributed by atoms with Crippen LogP contribution in [0.2, 0.25) is 0 Å². The molecule has 0 aromatic rings. The summed E-state index contributed by atoms with van der Waals surface area (Å²) in [6.07, 6.45) is 11.7. The minimum Gasteiger partial charge on any atom is -0.296 e. The van der Waals surface area contributed by atoms with Gasteiger partial charge in [0.1, 0.15) is 0 Å². The molecule has 11 heavy (non-hydrogen) atoms. The summed E-state index contributed by atoms with van der Waals surface area (Å²) in [5.74, 6) is 0. The third kappa shape index (κ3) is 1.64. The van der Waals surface area contributed by atoms with Crippen molar-refractivity contribution in [3.63, 3.8) is 0 Å². The van der Waals surface area contributed by atoms with Gasteiger partial charge in [-0.25, -0.2) is 0 Å². The minimum atomic E-state index is 0.891. The maximum absolute atomic E-state index is 2.65. The zero-order valence-corrected chi connectivity index (χ0v) is 7.13. The van der Waals surface area contributed by atoms with Crippen LogP contribution in [0.1, 0.15) is 32.1 Å². The second-order valence-corrected chi connectivity index (χ2v) is 3.71. The van der Waals surface area contributed by atoms with E-state index in [-0.39, 0.29) is 0 Å². The smallest absolute Gasteiger partial charge is 0.0166 e. The van der Waals surface area contributed by atoms with Gasteiger partial charge in [-0.3, -0.25) is 4.90 Å². The normalized spacial score (nSPS) is 32.9. The van der Waals surface area contributed by atoms with Gasteiger partial charge in [-0.1, -0.05) is 25.0 Å². The average Bonchev–Trinajstić information content (AvgIpc) is 2.28. The molecule has 0 N–H and O–H groups in total. The first-order valence-electron chi connectivity index (χ1n) is 4.86. The van der Waals surface area contributed by atoms with Gasteiger partial charge in [-0.2, -0.15) is 0 Å². The van der Waals surface area contributed by atoms with Crippen LogP contribution in [-0.4, -0.2) is 24.0 Å². The second-order valence-electron chi connectivity index (χ2n) is 3.71. The third-order valence-corrected chi connectivity index (χ3v) is 2.91. The summed E-state index contributed by atoms with van der Waals surface area (Å²) in [6, 6.07) is 0.891. The summed E-state index contributed by atoms with van der Waals surface area (Å²) in [7, 11) is 0. The van der Waals surface area contributed by atoms with Gasteiger partial charge in [0.25, 0.3) is 0 Å². The van der Waals surface area contributed by atoms with Crippen LogP contribution in [0.25, 0.3) is 0 Å². The lowest BCUT2D eigenvalue weighted by Gasteiger charge is -2.30. The van der Waals surface area contributed by atoms with Crippen LogP contribution in [0.5, 0.6) is 0 Å². The predicted octanol–water partition coefficient (Wildman–Crippen LogP) is 2.19. The van der Waals surface area contributed by atoms with Gasteiger partial charge in [0.05, 0.1) is 0 Å². The first kappa shape index (κ1) is 7.35. The summed E-state index contributed by atoms with van der Waals surface area (Å²) in [6.45, 7) is 2.56. The number of fused-ring (bicyclic) bond motifs is 1. The molecule has 0 bridgehead atoms. The van der Waals surface area contributed by atoms with Crippen LogP contribution in [0.3, 0.4) is 0 Å². The molecule has 0 aromatic carbocycles. The van der Waals surface area contributed by atoms with Crippen molar-refractivity contribution in [3.05, 3.63) is 12.2 Å². The molecular formula is C10H17N. The Morgan fingerprint density at radius 3 is 3.09 bits per heavy atom. The van der Waals surface area contributed by atoms with Crippen LogP contribution < -0.4 is 0 Å². The molecule has 0 aromatic heterocycles.